The molecule has 0 fully saturated rings. The smallest absolute Gasteiger partial charge is 0.127 e. The maximum Gasteiger partial charge on any atom is 0.127 e. The normalized spacial score (nSPS) is 12.4. The standard InChI is InChI=1S/C16H19ClFN3/c1-4-19-16(12-8-10(2)20-21-11(12)3)9-13-14(17)6-5-7-15(13)18/h5-8,16,19H,4,9H2,1-3H3. The van der Waals surface area contributed by atoms with Crippen LogP contribution in [0.2, 0.25) is 5.02 Å². The number of nitrogens with one attached hydrogen (secondary N) is 1. The van der Waals surface area contributed by atoms with E-state index in [-0.39, 0.29) is 11.9 Å². The van der Waals surface area contributed by atoms with E-state index in [0.717, 1.165) is 23.5 Å². The molecule has 0 amide bonds. The highest BCUT2D eigenvalue weighted by atomic mass is 35.5. The monoisotopic (exact) mass is 307 g/mol. The van der Waals surface area contributed by atoms with E-state index >= 15 is 0 Å². The Morgan fingerprint density at radius 2 is 2.05 bits per heavy atom. The number of likely N-dealkylation sites (N-methyl/N-ethyl adjacent to an activating group) is 1. The first kappa shape index (κ1) is 15.9. The molecule has 0 aliphatic heterocycles. The van der Waals surface area contributed by atoms with E-state index in [1.54, 1.807) is 12.1 Å². The number of hydrogen-bond donors (Lipinski definition) is 1. The van der Waals surface area contributed by atoms with Gasteiger partial charge < -0.3 is 5.32 Å². The second-order valence-electron chi connectivity index (χ2n) is 5.04. The van der Waals surface area contributed by atoms with Gasteiger partial charge in [-0.25, -0.2) is 4.39 Å². The number of halogens is 2. The summed E-state index contributed by atoms with van der Waals surface area (Å²) >= 11 is 6.14. The van der Waals surface area contributed by atoms with Gasteiger partial charge in [-0.1, -0.05) is 24.6 Å². The topological polar surface area (TPSA) is 37.8 Å². The second-order valence-corrected chi connectivity index (χ2v) is 5.45. The van der Waals surface area contributed by atoms with Crippen LogP contribution in [0.5, 0.6) is 0 Å². The Morgan fingerprint density at radius 3 is 2.71 bits per heavy atom. The first-order valence-electron chi connectivity index (χ1n) is 7.00. The van der Waals surface area contributed by atoms with Gasteiger partial charge in [0.25, 0.3) is 0 Å². The maximum absolute atomic E-state index is 14.0. The molecule has 0 aliphatic rings. The molecule has 0 radical (unpaired) electrons. The first-order chi connectivity index (χ1) is 10.0. The predicted octanol–water partition coefficient (Wildman–Crippen LogP) is 3.78. The van der Waals surface area contributed by atoms with Gasteiger partial charge in [0, 0.05) is 16.6 Å². The van der Waals surface area contributed by atoms with E-state index in [2.05, 4.69) is 15.5 Å². The molecule has 1 aromatic carbocycles. The van der Waals surface area contributed by atoms with Gasteiger partial charge in [-0.3, -0.25) is 0 Å². The fourth-order valence-corrected chi connectivity index (χ4v) is 2.63. The van der Waals surface area contributed by atoms with Crippen LogP contribution >= 0.6 is 11.6 Å². The molecule has 1 heterocycles. The Hall–Kier alpha value is -1.52. The minimum Gasteiger partial charge on any atom is -0.310 e. The molecule has 1 aromatic heterocycles. The largest absolute Gasteiger partial charge is 0.310 e. The van der Waals surface area contributed by atoms with Crippen LogP contribution in [0.15, 0.2) is 24.3 Å². The molecule has 1 N–H and O–H groups in total. The molecule has 1 atom stereocenters. The molecule has 0 saturated heterocycles. The molecule has 0 spiro atoms. The lowest BCUT2D eigenvalue weighted by Crippen LogP contribution is -2.25. The van der Waals surface area contributed by atoms with Crippen LogP contribution < -0.4 is 5.32 Å². The van der Waals surface area contributed by atoms with Crippen molar-refractivity contribution < 1.29 is 4.39 Å². The predicted molar refractivity (Wildman–Crippen MR) is 83.0 cm³/mol. The summed E-state index contributed by atoms with van der Waals surface area (Å²) in [6.07, 6.45) is 0.478. The fourth-order valence-electron chi connectivity index (χ4n) is 2.39. The molecule has 112 valence electrons. The SMILES string of the molecule is CCNC(Cc1c(F)cccc1Cl)c1cc(C)nnc1C. The van der Waals surface area contributed by atoms with Crippen LogP contribution in [-0.4, -0.2) is 16.7 Å². The number of rotatable bonds is 5. The van der Waals surface area contributed by atoms with Crippen LogP contribution in [0.4, 0.5) is 4.39 Å². The zero-order valence-corrected chi connectivity index (χ0v) is 13.2. The van der Waals surface area contributed by atoms with E-state index in [0.29, 0.717) is 17.0 Å². The quantitative estimate of drug-likeness (QED) is 0.913. The Morgan fingerprint density at radius 1 is 1.29 bits per heavy atom. The third-order valence-electron chi connectivity index (χ3n) is 3.44. The van der Waals surface area contributed by atoms with Crippen molar-refractivity contribution in [2.75, 3.05) is 6.54 Å². The number of nitrogens with zero attached hydrogens (tertiary/aromatic N) is 2. The lowest BCUT2D eigenvalue weighted by Gasteiger charge is -2.21. The summed E-state index contributed by atoms with van der Waals surface area (Å²) in [5.74, 6) is -0.276. The van der Waals surface area contributed by atoms with Crippen LogP contribution in [0.25, 0.3) is 0 Å². The summed E-state index contributed by atoms with van der Waals surface area (Å²) in [5, 5.41) is 12.0. The number of hydrogen-bond acceptors (Lipinski definition) is 3. The van der Waals surface area contributed by atoms with Gasteiger partial charge in [-0.05, 0) is 50.6 Å². The van der Waals surface area contributed by atoms with Crippen LogP contribution in [-0.2, 0) is 6.42 Å². The molecular formula is C16H19ClFN3. The zero-order valence-electron chi connectivity index (χ0n) is 12.5. The summed E-state index contributed by atoms with van der Waals surface area (Å²) in [7, 11) is 0. The van der Waals surface area contributed by atoms with Crippen molar-refractivity contribution in [1.29, 1.82) is 0 Å². The van der Waals surface area contributed by atoms with Gasteiger partial charge in [0.2, 0.25) is 0 Å². The average Bonchev–Trinajstić information content (AvgIpc) is 2.44. The molecule has 21 heavy (non-hydrogen) atoms. The summed E-state index contributed by atoms with van der Waals surface area (Å²) in [5.41, 5.74) is 3.25. The minimum atomic E-state index is -0.276. The highest BCUT2D eigenvalue weighted by Gasteiger charge is 2.18. The summed E-state index contributed by atoms with van der Waals surface area (Å²) in [6, 6.07) is 6.72. The number of aryl methyl sites for hydroxylation is 2. The van der Waals surface area contributed by atoms with Gasteiger partial charge in [0.15, 0.2) is 0 Å². The highest BCUT2D eigenvalue weighted by molar-refractivity contribution is 6.31. The fraction of sp³-hybridized carbons (Fsp3) is 0.375. The molecule has 3 nitrogen and oxygen atoms in total. The summed E-state index contributed by atoms with van der Waals surface area (Å²) in [4.78, 5) is 0. The van der Waals surface area contributed by atoms with E-state index in [1.807, 2.05) is 26.8 Å². The number of benzene rings is 1. The van der Waals surface area contributed by atoms with Crippen molar-refractivity contribution in [2.24, 2.45) is 0 Å². The van der Waals surface area contributed by atoms with Crippen molar-refractivity contribution in [2.45, 2.75) is 33.2 Å². The molecule has 5 heteroatoms. The molecule has 0 aliphatic carbocycles. The van der Waals surface area contributed by atoms with Gasteiger partial charge in [-0.2, -0.15) is 10.2 Å². The van der Waals surface area contributed by atoms with Crippen molar-refractivity contribution in [3.8, 4) is 0 Å². The lowest BCUT2D eigenvalue weighted by atomic mass is 9.97. The van der Waals surface area contributed by atoms with Crippen LogP contribution in [0, 0.1) is 19.7 Å². The maximum atomic E-state index is 14.0. The Labute approximate surface area is 129 Å². The molecular weight excluding hydrogens is 289 g/mol. The zero-order chi connectivity index (χ0) is 15.4. The molecule has 0 bridgehead atoms. The van der Waals surface area contributed by atoms with Gasteiger partial charge in [0.05, 0.1) is 11.4 Å². The van der Waals surface area contributed by atoms with Gasteiger partial charge in [0.1, 0.15) is 5.82 Å². The van der Waals surface area contributed by atoms with Gasteiger partial charge in [-0.15, -0.1) is 0 Å². The third-order valence-corrected chi connectivity index (χ3v) is 3.79. The first-order valence-corrected chi connectivity index (χ1v) is 7.37. The summed E-state index contributed by atoms with van der Waals surface area (Å²) in [6.45, 7) is 6.61. The minimum absolute atomic E-state index is 0.0430. The van der Waals surface area contributed by atoms with Crippen molar-refractivity contribution >= 4 is 11.6 Å². The average molecular weight is 308 g/mol. The van der Waals surface area contributed by atoms with Crippen molar-refractivity contribution in [1.82, 2.24) is 15.5 Å². The van der Waals surface area contributed by atoms with E-state index in [9.17, 15) is 4.39 Å². The highest BCUT2D eigenvalue weighted by Crippen LogP contribution is 2.27. The molecule has 1 unspecified atom stereocenters. The second kappa shape index (κ2) is 6.96. The molecule has 2 rings (SSSR count). The Balaban J connectivity index is 2.38. The van der Waals surface area contributed by atoms with E-state index in [4.69, 9.17) is 11.6 Å². The van der Waals surface area contributed by atoms with E-state index < -0.39 is 0 Å². The Kier molecular flexibility index (Phi) is 5.26. The molecule has 2 aromatic rings. The molecule has 0 saturated carbocycles. The third kappa shape index (κ3) is 3.77. The Bertz CT molecular complexity index is 611. The lowest BCUT2D eigenvalue weighted by molar-refractivity contribution is 0.522. The van der Waals surface area contributed by atoms with Crippen molar-refractivity contribution in [3.05, 3.63) is 57.6 Å². The van der Waals surface area contributed by atoms with E-state index in [1.165, 1.54) is 6.07 Å². The van der Waals surface area contributed by atoms with Crippen molar-refractivity contribution in [3.63, 3.8) is 0 Å². The summed E-state index contributed by atoms with van der Waals surface area (Å²) < 4.78 is 14.0. The number of aromatic nitrogens is 2. The van der Waals surface area contributed by atoms with Gasteiger partial charge >= 0.3 is 0 Å². The van der Waals surface area contributed by atoms with Crippen LogP contribution in [0.1, 0.15) is 35.5 Å². The van der Waals surface area contributed by atoms with Crippen LogP contribution in [0.3, 0.4) is 0 Å².